The highest BCUT2D eigenvalue weighted by molar-refractivity contribution is 5.91. The van der Waals surface area contributed by atoms with Crippen LogP contribution in [0.25, 0.3) is 0 Å². The predicted molar refractivity (Wildman–Crippen MR) is 89.0 cm³/mol. The molecule has 0 aromatic rings. The van der Waals surface area contributed by atoms with Gasteiger partial charge in [0.1, 0.15) is 12.1 Å². The molecule has 0 aliphatic carbocycles. The Labute approximate surface area is 130 Å². The van der Waals surface area contributed by atoms with Gasteiger partial charge in [-0.15, -0.1) is 0 Å². The van der Waals surface area contributed by atoms with Gasteiger partial charge in [-0.2, -0.15) is 0 Å². The molecule has 2 unspecified atom stereocenters. The maximum Gasteiger partial charge on any atom is 0.242 e. The van der Waals surface area contributed by atoms with E-state index in [1.807, 2.05) is 41.5 Å². The number of carbonyl (C=O) groups is 3. The molecule has 0 spiro atoms. The molecule has 0 radical (unpaired) electrons. The zero-order valence-electron chi connectivity index (χ0n) is 15.4. The molecule has 0 aliphatic rings. The maximum atomic E-state index is 11.4. The van der Waals surface area contributed by atoms with Gasteiger partial charge in [0, 0.05) is 14.0 Å². The Bertz CT molecular complexity index is 269. The zero-order valence-corrected chi connectivity index (χ0v) is 15.4. The Morgan fingerprint density at radius 3 is 1.33 bits per heavy atom. The summed E-state index contributed by atoms with van der Waals surface area (Å²) in [5, 5.41) is 7.30. The molecule has 6 heteroatoms. The average molecular weight is 305 g/mol. The van der Waals surface area contributed by atoms with E-state index in [0.717, 1.165) is 0 Å². The lowest BCUT2D eigenvalue weighted by molar-refractivity contribution is -0.130. The standard InChI is InChI=1S/C9H17N3O3.3C2H6/c1-5(8(14)10-4)12-9(15)6(2)11-7(3)13;3*1-2/h5-6H,1-4H3,(H,10,14)(H,11,13)(H,12,15);3*1-2H3. The largest absolute Gasteiger partial charge is 0.357 e. The van der Waals surface area contributed by atoms with Crippen molar-refractivity contribution in [3.63, 3.8) is 0 Å². The number of amides is 3. The van der Waals surface area contributed by atoms with Crippen LogP contribution < -0.4 is 16.0 Å². The van der Waals surface area contributed by atoms with Crippen LogP contribution in [0.4, 0.5) is 0 Å². The van der Waals surface area contributed by atoms with Gasteiger partial charge < -0.3 is 16.0 Å². The molecule has 128 valence electrons. The van der Waals surface area contributed by atoms with Crippen LogP contribution in [0.2, 0.25) is 0 Å². The lowest BCUT2D eigenvalue weighted by Gasteiger charge is -2.16. The van der Waals surface area contributed by atoms with Crippen molar-refractivity contribution in [2.75, 3.05) is 7.05 Å². The molecule has 3 N–H and O–H groups in total. The molecule has 0 heterocycles. The molecule has 0 bridgehead atoms. The molecular weight excluding hydrogens is 270 g/mol. The molecule has 21 heavy (non-hydrogen) atoms. The fourth-order valence-electron chi connectivity index (χ4n) is 0.991. The number of nitrogens with one attached hydrogen (secondary N) is 3. The molecule has 0 aliphatic heterocycles. The first-order valence-electron chi connectivity index (χ1n) is 7.67. The summed E-state index contributed by atoms with van der Waals surface area (Å²) in [5.74, 6) is -0.954. The van der Waals surface area contributed by atoms with Gasteiger partial charge in [-0.05, 0) is 13.8 Å². The Balaban J connectivity index is -0.000000212. The van der Waals surface area contributed by atoms with E-state index in [1.165, 1.54) is 14.0 Å². The summed E-state index contributed by atoms with van der Waals surface area (Å²) in [4.78, 5) is 33.1. The van der Waals surface area contributed by atoms with Crippen molar-refractivity contribution in [1.29, 1.82) is 0 Å². The van der Waals surface area contributed by atoms with Crippen LogP contribution in [0.3, 0.4) is 0 Å². The fourth-order valence-corrected chi connectivity index (χ4v) is 0.991. The molecular formula is C15H35N3O3. The van der Waals surface area contributed by atoms with Crippen LogP contribution in [0.1, 0.15) is 62.3 Å². The highest BCUT2D eigenvalue weighted by Gasteiger charge is 2.18. The molecule has 0 saturated heterocycles. The normalized spacial score (nSPS) is 10.6. The number of hydrogen-bond donors (Lipinski definition) is 3. The second-order valence-corrected chi connectivity index (χ2v) is 3.27. The summed E-state index contributed by atoms with van der Waals surface area (Å²) < 4.78 is 0. The summed E-state index contributed by atoms with van der Waals surface area (Å²) in [6.07, 6.45) is 0. The van der Waals surface area contributed by atoms with Gasteiger partial charge in [-0.1, -0.05) is 41.5 Å². The van der Waals surface area contributed by atoms with Crippen LogP contribution >= 0.6 is 0 Å². The van der Waals surface area contributed by atoms with Gasteiger partial charge in [-0.25, -0.2) is 0 Å². The van der Waals surface area contributed by atoms with E-state index in [4.69, 9.17) is 0 Å². The van der Waals surface area contributed by atoms with Gasteiger partial charge in [0.25, 0.3) is 0 Å². The predicted octanol–water partition coefficient (Wildman–Crippen LogP) is 1.84. The first-order valence-corrected chi connectivity index (χ1v) is 7.67. The van der Waals surface area contributed by atoms with Gasteiger partial charge in [0.2, 0.25) is 17.7 Å². The van der Waals surface area contributed by atoms with Crippen LogP contribution in [0.5, 0.6) is 0 Å². The van der Waals surface area contributed by atoms with E-state index >= 15 is 0 Å². The minimum atomic E-state index is -0.644. The van der Waals surface area contributed by atoms with Crippen LogP contribution in [-0.2, 0) is 14.4 Å². The summed E-state index contributed by atoms with van der Waals surface area (Å²) in [5.41, 5.74) is 0. The number of rotatable bonds is 4. The van der Waals surface area contributed by atoms with Crippen LogP contribution in [0.15, 0.2) is 0 Å². The quantitative estimate of drug-likeness (QED) is 0.740. The number of likely N-dealkylation sites (N-methyl/N-ethyl adjacent to an activating group) is 1. The molecule has 6 nitrogen and oxygen atoms in total. The molecule has 0 fully saturated rings. The Morgan fingerprint density at radius 1 is 0.714 bits per heavy atom. The molecule has 0 aromatic heterocycles. The molecule has 2 atom stereocenters. The maximum absolute atomic E-state index is 11.4. The van der Waals surface area contributed by atoms with Crippen molar-refractivity contribution in [2.45, 2.75) is 74.4 Å². The monoisotopic (exact) mass is 305 g/mol. The topological polar surface area (TPSA) is 87.3 Å². The minimum absolute atomic E-state index is 0.279. The van der Waals surface area contributed by atoms with Crippen molar-refractivity contribution in [3.05, 3.63) is 0 Å². The third kappa shape index (κ3) is 18.4. The van der Waals surface area contributed by atoms with E-state index < -0.39 is 12.1 Å². The highest BCUT2D eigenvalue weighted by atomic mass is 16.2. The van der Waals surface area contributed by atoms with E-state index in [0.29, 0.717) is 0 Å². The van der Waals surface area contributed by atoms with E-state index in [2.05, 4.69) is 16.0 Å². The van der Waals surface area contributed by atoms with Crippen LogP contribution in [0, 0.1) is 0 Å². The minimum Gasteiger partial charge on any atom is -0.357 e. The molecule has 3 amide bonds. The van der Waals surface area contributed by atoms with Crippen molar-refractivity contribution >= 4 is 17.7 Å². The smallest absolute Gasteiger partial charge is 0.242 e. The SMILES string of the molecule is CC.CC.CC.CNC(=O)C(C)NC(=O)C(C)NC(C)=O. The van der Waals surface area contributed by atoms with E-state index in [1.54, 1.807) is 13.8 Å². The molecule has 0 aromatic carbocycles. The second-order valence-electron chi connectivity index (χ2n) is 3.27. The summed E-state index contributed by atoms with van der Waals surface area (Å²) >= 11 is 0. The third-order valence-electron chi connectivity index (χ3n) is 1.81. The van der Waals surface area contributed by atoms with Gasteiger partial charge in [0.15, 0.2) is 0 Å². The summed E-state index contributed by atoms with van der Waals surface area (Å²) in [7, 11) is 1.49. The number of hydrogen-bond acceptors (Lipinski definition) is 3. The van der Waals surface area contributed by atoms with Crippen molar-refractivity contribution in [2.24, 2.45) is 0 Å². The van der Waals surface area contributed by atoms with Crippen LogP contribution in [-0.4, -0.2) is 36.9 Å². The van der Waals surface area contributed by atoms with Crippen molar-refractivity contribution in [1.82, 2.24) is 16.0 Å². The summed E-state index contributed by atoms with van der Waals surface area (Å²) in [6.45, 7) is 16.4. The van der Waals surface area contributed by atoms with Crippen molar-refractivity contribution in [3.8, 4) is 0 Å². The third-order valence-corrected chi connectivity index (χ3v) is 1.81. The lowest BCUT2D eigenvalue weighted by atomic mass is 10.2. The van der Waals surface area contributed by atoms with Gasteiger partial charge in [-0.3, -0.25) is 14.4 Å². The fraction of sp³-hybridized carbons (Fsp3) is 0.800. The second kappa shape index (κ2) is 20.7. The molecule has 0 saturated carbocycles. The van der Waals surface area contributed by atoms with E-state index in [9.17, 15) is 14.4 Å². The van der Waals surface area contributed by atoms with Gasteiger partial charge >= 0.3 is 0 Å². The average Bonchev–Trinajstić information content (AvgIpc) is 2.51. The highest BCUT2D eigenvalue weighted by Crippen LogP contribution is 1.86. The first-order chi connectivity index (χ1) is 9.88. The Kier molecular flexibility index (Phi) is 27.3. The Hall–Kier alpha value is -1.59. The van der Waals surface area contributed by atoms with E-state index in [-0.39, 0.29) is 17.7 Å². The summed E-state index contributed by atoms with van der Waals surface area (Å²) in [6, 6.07) is -1.26. The molecule has 0 rings (SSSR count). The first kappa shape index (κ1) is 27.7. The van der Waals surface area contributed by atoms with Crippen molar-refractivity contribution < 1.29 is 14.4 Å². The van der Waals surface area contributed by atoms with Gasteiger partial charge in [0.05, 0.1) is 0 Å². The Morgan fingerprint density at radius 2 is 1.05 bits per heavy atom. The number of carbonyl (C=O) groups excluding carboxylic acids is 3. The zero-order chi connectivity index (χ0) is 18.0. The lowest BCUT2D eigenvalue weighted by Crippen LogP contribution is -2.50.